The molecule has 30 heavy (non-hydrogen) atoms. The van der Waals surface area contributed by atoms with Crippen molar-refractivity contribution in [2.24, 2.45) is 0 Å². The van der Waals surface area contributed by atoms with Crippen molar-refractivity contribution in [2.45, 2.75) is 6.18 Å². The maximum absolute atomic E-state index is 13.4. The Morgan fingerprint density at radius 2 is 1.87 bits per heavy atom. The lowest BCUT2D eigenvalue weighted by atomic mass is 10.1. The number of rotatable bonds is 4. The van der Waals surface area contributed by atoms with Crippen LogP contribution in [0.5, 0.6) is 0 Å². The van der Waals surface area contributed by atoms with Gasteiger partial charge < -0.3 is 15.0 Å². The van der Waals surface area contributed by atoms with Crippen LogP contribution in [0.25, 0.3) is 15.8 Å². The van der Waals surface area contributed by atoms with E-state index in [-0.39, 0.29) is 5.56 Å². The topological polar surface area (TPSA) is 54.5 Å². The number of allylic oxidation sites excluding steroid dienone is 1. The van der Waals surface area contributed by atoms with Gasteiger partial charge in [-0.05, 0) is 23.8 Å². The second kappa shape index (κ2) is 8.45. The van der Waals surface area contributed by atoms with Crippen LogP contribution in [0.4, 0.5) is 24.0 Å². The number of ether oxygens (including phenoxy) is 1. The Morgan fingerprint density at radius 3 is 2.57 bits per heavy atom. The lowest BCUT2D eigenvalue weighted by Crippen LogP contribution is -2.36. The number of fused-ring (bicyclic) bond motifs is 1. The third-order valence-electron chi connectivity index (χ3n) is 4.59. The first-order valence-electron chi connectivity index (χ1n) is 9.29. The largest absolute Gasteiger partial charge is 0.417 e. The number of carbonyl (C=O) groups is 1. The zero-order chi connectivity index (χ0) is 21.1. The molecule has 1 aliphatic heterocycles. The van der Waals surface area contributed by atoms with Gasteiger partial charge in [0.2, 0.25) is 5.91 Å². The highest BCUT2D eigenvalue weighted by atomic mass is 32.1. The van der Waals surface area contributed by atoms with Gasteiger partial charge in [0.25, 0.3) is 0 Å². The van der Waals surface area contributed by atoms with Crippen LogP contribution in [-0.4, -0.2) is 43.4 Å². The maximum atomic E-state index is 13.4. The standard InChI is InChI=1S/C21H18F3N3O2S/c22-21(23,24)16(14-4-2-1-3-5-14)13-19(28)25-15-6-7-17-18(12-15)30-20(26-17)27-8-10-29-11-9-27/h1-7,12-13H,8-11H2,(H,25,28)/b16-13+. The summed E-state index contributed by atoms with van der Waals surface area (Å²) in [4.78, 5) is 19.0. The highest BCUT2D eigenvalue weighted by molar-refractivity contribution is 7.22. The fourth-order valence-corrected chi connectivity index (χ4v) is 4.19. The number of thiazole rings is 1. The van der Waals surface area contributed by atoms with E-state index in [9.17, 15) is 18.0 Å². The van der Waals surface area contributed by atoms with Crippen LogP contribution < -0.4 is 10.2 Å². The molecule has 0 bridgehead atoms. The van der Waals surface area contributed by atoms with E-state index in [1.165, 1.54) is 35.6 Å². The fraction of sp³-hybridized carbons (Fsp3) is 0.238. The second-order valence-electron chi connectivity index (χ2n) is 6.69. The van der Waals surface area contributed by atoms with Crippen LogP contribution >= 0.6 is 11.3 Å². The molecule has 2 aromatic carbocycles. The highest BCUT2D eigenvalue weighted by Gasteiger charge is 2.35. The number of anilines is 2. The highest BCUT2D eigenvalue weighted by Crippen LogP contribution is 2.34. The zero-order valence-corrected chi connectivity index (χ0v) is 16.6. The van der Waals surface area contributed by atoms with Gasteiger partial charge in [0, 0.05) is 24.9 Å². The van der Waals surface area contributed by atoms with Gasteiger partial charge in [0.15, 0.2) is 5.13 Å². The summed E-state index contributed by atoms with van der Waals surface area (Å²) < 4.78 is 46.5. The molecule has 1 saturated heterocycles. The number of halogens is 3. The average Bonchev–Trinajstić information content (AvgIpc) is 3.16. The summed E-state index contributed by atoms with van der Waals surface area (Å²) in [5, 5.41) is 3.39. The van der Waals surface area contributed by atoms with Gasteiger partial charge >= 0.3 is 6.18 Å². The number of carbonyl (C=O) groups excluding carboxylic acids is 1. The second-order valence-corrected chi connectivity index (χ2v) is 7.70. The smallest absolute Gasteiger partial charge is 0.378 e. The summed E-state index contributed by atoms with van der Waals surface area (Å²) in [6, 6.07) is 12.4. The third-order valence-corrected chi connectivity index (χ3v) is 5.67. The van der Waals surface area contributed by atoms with Gasteiger partial charge in [-0.15, -0.1) is 0 Å². The number of hydrogen-bond donors (Lipinski definition) is 1. The van der Waals surface area contributed by atoms with Gasteiger partial charge in [0.1, 0.15) is 0 Å². The van der Waals surface area contributed by atoms with E-state index in [2.05, 4.69) is 15.2 Å². The van der Waals surface area contributed by atoms with Crippen LogP contribution in [-0.2, 0) is 9.53 Å². The Hall–Kier alpha value is -2.91. The SMILES string of the molecule is O=C(/C=C(\c1ccccc1)C(F)(F)F)Nc1ccc2nc(N3CCOCC3)sc2c1. The van der Waals surface area contributed by atoms with Crippen LogP contribution in [0.1, 0.15) is 5.56 Å². The molecule has 0 radical (unpaired) electrons. The van der Waals surface area contributed by atoms with Crippen molar-refractivity contribution in [3.05, 3.63) is 60.2 Å². The summed E-state index contributed by atoms with van der Waals surface area (Å²) in [5.41, 5.74) is 0.132. The molecule has 9 heteroatoms. The molecule has 0 saturated carbocycles. The van der Waals surface area contributed by atoms with Crippen molar-refractivity contribution in [3.63, 3.8) is 0 Å². The number of aromatic nitrogens is 1. The van der Waals surface area contributed by atoms with E-state index in [0.29, 0.717) is 25.0 Å². The predicted octanol–water partition coefficient (Wildman–Crippen LogP) is 4.72. The Morgan fingerprint density at radius 1 is 1.13 bits per heavy atom. The quantitative estimate of drug-likeness (QED) is 0.605. The lowest BCUT2D eigenvalue weighted by Gasteiger charge is -2.25. The Kier molecular flexibility index (Phi) is 5.74. The summed E-state index contributed by atoms with van der Waals surface area (Å²) in [6.45, 7) is 2.81. The third kappa shape index (κ3) is 4.63. The first kappa shape index (κ1) is 20.4. The number of nitrogens with zero attached hydrogens (tertiary/aromatic N) is 2. The molecule has 2 heterocycles. The molecule has 1 aliphatic rings. The molecule has 156 valence electrons. The van der Waals surface area contributed by atoms with Crippen molar-refractivity contribution in [1.82, 2.24) is 4.98 Å². The molecule has 1 N–H and O–H groups in total. The fourth-order valence-electron chi connectivity index (χ4n) is 3.14. The van der Waals surface area contributed by atoms with Crippen molar-refractivity contribution < 1.29 is 22.7 Å². The number of morpholine rings is 1. The molecule has 0 unspecified atom stereocenters. The molecule has 1 aromatic heterocycles. The van der Waals surface area contributed by atoms with Crippen LogP contribution in [0.3, 0.4) is 0 Å². The lowest BCUT2D eigenvalue weighted by molar-refractivity contribution is -0.112. The van der Waals surface area contributed by atoms with Crippen molar-refractivity contribution in [1.29, 1.82) is 0 Å². The molecule has 1 fully saturated rings. The first-order chi connectivity index (χ1) is 14.4. The molecule has 4 rings (SSSR count). The van der Waals surface area contributed by atoms with Crippen molar-refractivity contribution >= 4 is 43.9 Å². The van der Waals surface area contributed by atoms with Gasteiger partial charge in [-0.1, -0.05) is 41.7 Å². The first-order valence-corrected chi connectivity index (χ1v) is 10.1. The molecule has 0 spiro atoms. The van der Waals surface area contributed by atoms with E-state index >= 15 is 0 Å². The Balaban J connectivity index is 1.55. The molecule has 5 nitrogen and oxygen atoms in total. The Bertz CT molecular complexity index is 1070. The minimum Gasteiger partial charge on any atom is -0.378 e. The van der Waals surface area contributed by atoms with E-state index in [1.807, 2.05) is 0 Å². The number of benzene rings is 2. The van der Waals surface area contributed by atoms with E-state index in [1.54, 1.807) is 24.3 Å². The summed E-state index contributed by atoms with van der Waals surface area (Å²) in [5.74, 6) is -0.844. The van der Waals surface area contributed by atoms with Crippen LogP contribution in [0.15, 0.2) is 54.6 Å². The normalized spacial score (nSPS) is 15.4. The minimum atomic E-state index is -4.65. The summed E-state index contributed by atoms with van der Waals surface area (Å²) in [6.07, 6.45) is -4.06. The molecule has 3 aromatic rings. The number of nitrogens with one attached hydrogen (secondary N) is 1. The van der Waals surface area contributed by atoms with Crippen LogP contribution in [0.2, 0.25) is 0 Å². The summed E-state index contributed by atoms with van der Waals surface area (Å²) in [7, 11) is 0. The van der Waals surface area contributed by atoms with Crippen molar-refractivity contribution in [3.8, 4) is 0 Å². The minimum absolute atomic E-state index is 0.0618. The average molecular weight is 433 g/mol. The monoisotopic (exact) mass is 433 g/mol. The van der Waals surface area contributed by atoms with Crippen LogP contribution in [0, 0.1) is 0 Å². The predicted molar refractivity (Wildman–Crippen MR) is 112 cm³/mol. The van der Waals surface area contributed by atoms with E-state index in [0.717, 1.165) is 28.4 Å². The maximum Gasteiger partial charge on any atom is 0.417 e. The number of amides is 1. The van der Waals surface area contributed by atoms with Gasteiger partial charge in [-0.2, -0.15) is 13.2 Å². The van der Waals surface area contributed by atoms with Gasteiger partial charge in [0.05, 0.1) is 29.0 Å². The van der Waals surface area contributed by atoms with Crippen molar-refractivity contribution in [2.75, 3.05) is 36.5 Å². The van der Waals surface area contributed by atoms with Gasteiger partial charge in [-0.25, -0.2) is 4.98 Å². The van der Waals surface area contributed by atoms with Gasteiger partial charge in [-0.3, -0.25) is 4.79 Å². The molecule has 0 aliphatic carbocycles. The zero-order valence-electron chi connectivity index (χ0n) is 15.8. The number of hydrogen-bond acceptors (Lipinski definition) is 5. The molecule has 0 atom stereocenters. The molecular weight excluding hydrogens is 415 g/mol. The summed E-state index contributed by atoms with van der Waals surface area (Å²) >= 11 is 1.47. The Labute approximate surface area is 174 Å². The van der Waals surface area contributed by atoms with E-state index in [4.69, 9.17) is 4.74 Å². The molecule has 1 amide bonds. The van der Waals surface area contributed by atoms with E-state index < -0.39 is 17.7 Å². The molecular formula is C21H18F3N3O2S. The number of alkyl halides is 3.